The lowest BCUT2D eigenvalue weighted by molar-refractivity contribution is -0.124. The molecule has 92 valence electrons. The molecule has 0 aliphatic carbocycles. The summed E-state index contributed by atoms with van der Waals surface area (Å²) in [7, 11) is 0. The summed E-state index contributed by atoms with van der Waals surface area (Å²) in [5.74, 6) is 0.106. The minimum Gasteiger partial charge on any atom is -0.469 e. The van der Waals surface area contributed by atoms with Gasteiger partial charge in [0, 0.05) is 12.5 Å². The van der Waals surface area contributed by atoms with Crippen molar-refractivity contribution in [3.8, 4) is 6.07 Å². The molecule has 0 aromatic carbocycles. The van der Waals surface area contributed by atoms with Crippen molar-refractivity contribution in [3.05, 3.63) is 24.2 Å². The highest BCUT2D eigenvalue weighted by Crippen LogP contribution is 2.07. The molecular weight excluding hydrogens is 216 g/mol. The van der Waals surface area contributed by atoms with Crippen LogP contribution in [0.4, 0.5) is 0 Å². The number of hydrogen-bond acceptors (Lipinski definition) is 3. The van der Waals surface area contributed by atoms with Crippen molar-refractivity contribution >= 4 is 5.91 Å². The third-order valence-corrected chi connectivity index (χ3v) is 2.53. The van der Waals surface area contributed by atoms with E-state index in [0.29, 0.717) is 12.8 Å². The minimum absolute atomic E-state index is 0.0265. The van der Waals surface area contributed by atoms with Crippen LogP contribution in [0.1, 0.15) is 32.4 Å². The molecule has 0 aliphatic rings. The summed E-state index contributed by atoms with van der Waals surface area (Å²) in [4.78, 5) is 11.7. The third kappa shape index (κ3) is 4.31. The zero-order chi connectivity index (χ0) is 12.7. The number of amides is 1. The third-order valence-electron chi connectivity index (χ3n) is 2.53. The molecule has 1 N–H and O–H groups in total. The second kappa shape index (κ2) is 6.74. The van der Waals surface area contributed by atoms with E-state index in [1.165, 1.54) is 0 Å². The summed E-state index contributed by atoms with van der Waals surface area (Å²) in [6.45, 7) is 3.87. The van der Waals surface area contributed by atoms with Gasteiger partial charge in [0.25, 0.3) is 0 Å². The van der Waals surface area contributed by atoms with Gasteiger partial charge in [0.05, 0.1) is 12.3 Å². The molecule has 0 saturated carbocycles. The van der Waals surface area contributed by atoms with Crippen molar-refractivity contribution < 1.29 is 9.21 Å². The molecule has 4 heteroatoms. The van der Waals surface area contributed by atoms with E-state index in [2.05, 4.69) is 5.32 Å². The van der Waals surface area contributed by atoms with E-state index in [1.54, 1.807) is 6.26 Å². The van der Waals surface area contributed by atoms with Crippen LogP contribution in [0.2, 0.25) is 0 Å². The van der Waals surface area contributed by atoms with Gasteiger partial charge in [-0.05, 0) is 25.5 Å². The van der Waals surface area contributed by atoms with Gasteiger partial charge in [-0.25, -0.2) is 0 Å². The number of carbonyl (C=O) groups is 1. The molecule has 1 aromatic heterocycles. The second-order valence-electron chi connectivity index (χ2n) is 4.16. The van der Waals surface area contributed by atoms with Crippen molar-refractivity contribution in [2.45, 2.75) is 39.2 Å². The van der Waals surface area contributed by atoms with Crippen molar-refractivity contribution in [1.29, 1.82) is 5.26 Å². The van der Waals surface area contributed by atoms with Crippen LogP contribution in [0.3, 0.4) is 0 Å². The van der Waals surface area contributed by atoms with Crippen molar-refractivity contribution in [2.75, 3.05) is 0 Å². The molecule has 0 bridgehead atoms. The largest absolute Gasteiger partial charge is 0.469 e. The lowest BCUT2D eigenvalue weighted by atomic mass is 10.0. The monoisotopic (exact) mass is 234 g/mol. The molecule has 1 amide bonds. The number of nitrogens with zero attached hydrogens (tertiary/aromatic N) is 1. The van der Waals surface area contributed by atoms with Crippen LogP contribution < -0.4 is 5.32 Å². The van der Waals surface area contributed by atoms with E-state index in [9.17, 15) is 4.79 Å². The van der Waals surface area contributed by atoms with E-state index in [4.69, 9.17) is 9.68 Å². The van der Waals surface area contributed by atoms with Gasteiger partial charge >= 0.3 is 0 Å². The molecule has 0 aliphatic heterocycles. The van der Waals surface area contributed by atoms with Gasteiger partial charge in [0.2, 0.25) is 5.91 Å². The van der Waals surface area contributed by atoms with Gasteiger partial charge in [0.1, 0.15) is 11.7 Å². The fourth-order valence-corrected chi connectivity index (χ4v) is 1.67. The van der Waals surface area contributed by atoms with E-state index in [-0.39, 0.29) is 11.9 Å². The molecule has 2 unspecified atom stereocenters. The van der Waals surface area contributed by atoms with Gasteiger partial charge in [-0.15, -0.1) is 0 Å². The minimum atomic E-state index is -0.543. The Morgan fingerprint density at radius 3 is 2.94 bits per heavy atom. The zero-order valence-corrected chi connectivity index (χ0v) is 10.3. The molecule has 0 saturated heterocycles. The highest BCUT2D eigenvalue weighted by atomic mass is 16.3. The zero-order valence-electron chi connectivity index (χ0n) is 10.3. The topological polar surface area (TPSA) is 66.0 Å². The summed E-state index contributed by atoms with van der Waals surface area (Å²) in [5, 5.41) is 11.7. The number of hydrogen-bond donors (Lipinski definition) is 1. The van der Waals surface area contributed by atoms with Gasteiger partial charge in [0.15, 0.2) is 0 Å². The normalized spacial score (nSPS) is 13.7. The Hall–Kier alpha value is -1.76. The number of nitrogens with one attached hydrogen (secondary N) is 1. The second-order valence-corrected chi connectivity index (χ2v) is 4.16. The van der Waals surface area contributed by atoms with Crippen molar-refractivity contribution in [2.24, 2.45) is 5.92 Å². The quantitative estimate of drug-likeness (QED) is 0.821. The van der Waals surface area contributed by atoms with Crippen molar-refractivity contribution in [3.63, 3.8) is 0 Å². The van der Waals surface area contributed by atoms with Crippen LogP contribution in [0, 0.1) is 17.2 Å². The summed E-state index contributed by atoms with van der Waals surface area (Å²) in [5.41, 5.74) is 0. The highest BCUT2D eigenvalue weighted by molar-refractivity contribution is 5.81. The standard InChI is InChI=1S/C13H18N2O2/c1-3-5-11(9-14)13(16)15-10(2)8-12-6-4-7-17-12/h4,6-7,10-11H,3,5,8H2,1-2H3,(H,15,16). The van der Waals surface area contributed by atoms with E-state index in [0.717, 1.165) is 12.2 Å². The average Bonchev–Trinajstić information content (AvgIpc) is 2.78. The Bertz CT molecular complexity index is 379. The Morgan fingerprint density at radius 1 is 1.65 bits per heavy atom. The summed E-state index contributed by atoms with van der Waals surface area (Å²) < 4.78 is 5.20. The summed E-state index contributed by atoms with van der Waals surface area (Å²) in [6.07, 6.45) is 3.69. The maximum absolute atomic E-state index is 11.7. The lowest BCUT2D eigenvalue weighted by Crippen LogP contribution is -2.37. The Morgan fingerprint density at radius 2 is 2.41 bits per heavy atom. The summed E-state index contributed by atoms with van der Waals surface area (Å²) >= 11 is 0. The molecule has 0 fully saturated rings. The van der Waals surface area contributed by atoms with Crippen molar-refractivity contribution in [1.82, 2.24) is 5.32 Å². The first-order chi connectivity index (χ1) is 8.17. The van der Waals surface area contributed by atoms with Gasteiger partial charge in [-0.3, -0.25) is 4.79 Å². The van der Waals surface area contributed by atoms with Crippen LogP contribution >= 0.6 is 0 Å². The number of carbonyl (C=O) groups excluding carboxylic acids is 1. The molecule has 1 aromatic rings. The maximum atomic E-state index is 11.7. The predicted molar refractivity (Wildman–Crippen MR) is 64.0 cm³/mol. The Kier molecular flexibility index (Phi) is 5.28. The smallest absolute Gasteiger partial charge is 0.237 e. The van der Waals surface area contributed by atoms with Crippen LogP contribution in [-0.2, 0) is 11.2 Å². The fraction of sp³-hybridized carbons (Fsp3) is 0.538. The van der Waals surface area contributed by atoms with Crippen LogP contribution in [0.15, 0.2) is 22.8 Å². The van der Waals surface area contributed by atoms with E-state index in [1.807, 2.05) is 32.0 Å². The van der Waals surface area contributed by atoms with Gasteiger partial charge in [-0.1, -0.05) is 13.3 Å². The van der Waals surface area contributed by atoms with E-state index >= 15 is 0 Å². The molecule has 2 atom stereocenters. The first kappa shape index (κ1) is 13.3. The first-order valence-corrected chi connectivity index (χ1v) is 5.89. The maximum Gasteiger partial charge on any atom is 0.237 e. The molecule has 0 spiro atoms. The van der Waals surface area contributed by atoms with Crippen LogP contribution in [0.25, 0.3) is 0 Å². The molecule has 0 radical (unpaired) electrons. The Balaban J connectivity index is 2.42. The van der Waals surface area contributed by atoms with Gasteiger partial charge < -0.3 is 9.73 Å². The highest BCUT2D eigenvalue weighted by Gasteiger charge is 2.18. The SMILES string of the molecule is CCCC(C#N)C(=O)NC(C)Cc1ccco1. The molecule has 17 heavy (non-hydrogen) atoms. The van der Waals surface area contributed by atoms with Crippen LogP contribution in [0.5, 0.6) is 0 Å². The molecule has 1 heterocycles. The predicted octanol–water partition coefficient (Wildman–Crippen LogP) is 2.27. The molecule has 1 rings (SSSR count). The Labute approximate surface area is 102 Å². The number of rotatable bonds is 6. The average molecular weight is 234 g/mol. The number of furan rings is 1. The summed E-state index contributed by atoms with van der Waals surface area (Å²) in [6, 6.07) is 5.69. The molecular formula is C13H18N2O2. The fourth-order valence-electron chi connectivity index (χ4n) is 1.67. The first-order valence-electron chi connectivity index (χ1n) is 5.89. The van der Waals surface area contributed by atoms with Crippen LogP contribution in [-0.4, -0.2) is 11.9 Å². The number of nitriles is 1. The van der Waals surface area contributed by atoms with Gasteiger partial charge in [-0.2, -0.15) is 5.26 Å². The van der Waals surface area contributed by atoms with E-state index < -0.39 is 5.92 Å². The molecule has 4 nitrogen and oxygen atoms in total. The lowest BCUT2D eigenvalue weighted by Gasteiger charge is -2.14.